The summed E-state index contributed by atoms with van der Waals surface area (Å²) in [5.41, 5.74) is 9.29. The van der Waals surface area contributed by atoms with Gasteiger partial charge in [0.15, 0.2) is 0 Å². The Balaban J connectivity index is 0.00000400. The molecule has 1 unspecified atom stereocenters. The van der Waals surface area contributed by atoms with Crippen LogP contribution in [0, 0.1) is 5.41 Å². The number of benzene rings is 2. The van der Waals surface area contributed by atoms with Gasteiger partial charge in [-0.15, -0.1) is 12.4 Å². The first-order chi connectivity index (χ1) is 17.8. The number of aryl methyl sites for hydroxylation is 1. The second-order valence-corrected chi connectivity index (χ2v) is 9.39. The SMILES string of the molecule is CCOC(=O)CCC(C(=O)N1CCCC1)c1ccc2c(c1)nc(Cc1ccc(C(=N)N)cc1)c(=O)n2C.Cl. The van der Waals surface area contributed by atoms with E-state index in [1.807, 2.05) is 35.2 Å². The molecule has 1 amide bonds. The molecule has 9 nitrogen and oxygen atoms in total. The number of amides is 1. The predicted molar refractivity (Wildman–Crippen MR) is 149 cm³/mol. The van der Waals surface area contributed by atoms with Crippen LogP contribution in [-0.4, -0.2) is 51.9 Å². The topological polar surface area (TPSA) is 131 Å². The van der Waals surface area contributed by atoms with Crippen LogP contribution in [-0.2, 0) is 27.8 Å². The van der Waals surface area contributed by atoms with Gasteiger partial charge in [-0.25, -0.2) is 4.98 Å². The summed E-state index contributed by atoms with van der Waals surface area (Å²) >= 11 is 0. The van der Waals surface area contributed by atoms with Crippen LogP contribution >= 0.6 is 12.4 Å². The Bertz CT molecular complexity index is 1380. The maximum absolute atomic E-state index is 13.4. The van der Waals surface area contributed by atoms with Gasteiger partial charge in [0.05, 0.1) is 23.6 Å². The molecule has 1 fully saturated rings. The van der Waals surface area contributed by atoms with Gasteiger partial charge in [-0.1, -0.05) is 30.3 Å². The summed E-state index contributed by atoms with van der Waals surface area (Å²) in [5, 5.41) is 7.55. The van der Waals surface area contributed by atoms with Crippen molar-refractivity contribution in [2.75, 3.05) is 19.7 Å². The molecule has 0 bridgehead atoms. The second-order valence-electron chi connectivity index (χ2n) is 9.39. The number of halogens is 1. The molecule has 4 rings (SSSR count). The highest BCUT2D eigenvalue weighted by molar-refractivity contribution is 5.94. The molecule has 38 heavy (non-hydrogen) atoms. The van der Waals surface area contributed by atoms with Crippen molar-refractivity contribution in [3.05, 3.63) is 75.2 Å². The lowest BCUT2D eigenvalue weighted by atomic mass is 9.92. The number of amidine groups is 1. The van der Waals surface area contributed by atoms with Gasteiger partial charge in [-0.3, -0.25) is 19.8 Å². The zero-order chi connectivity index (χ0) is 26.5. The molecule has 3 aromatic rings. The lowest BCUT2D eigenvalue weighted by Crippen LogP contribution is -2.33. The third kappa shape index (κ3) is 6.39. The Labute approximate surface area is 227 Å². The van der Waals surface area contributed by atoms with Gasteiger partial charge < -0.3 is 19.9 Å². The number of aromatic nitrogens is 2. The lowest BCUT2D eigenvalue weighted by molar-refractivity contribution is -0.143. The van der Waals surface area contributed by atoms with Crippen molar-refractivity contribution < 1.29 is 14.3 Å². The van der Waals surface area contributed by atoms with Crippen molar-refractivity contribution in [3.63, 3.8) is 0 Å². The van der Waals surface area contributed by atoms with E-state index in [1.54, 1.807) is 30.7 Å². The molecule has 0 aliphatic carbocycles. The number of likely N-dealkylation sites (tertiary alicyclic amines) is 1. The van der Waals surface area contributed by atoms with E-state index in [1.165, 1.54) is 0 Å². The standard InChI is InChI=1S/C28H33N5O4.ClH/c1-3-37-25(34)13-11-21(27(35)33-14-4-5-15-33)20-10-12-24-22(17-20)31-23(28(36)32(24)2)16-18-6-8-19(9-7-18)26(29)30;/h6-10,12,17,21H,3-5,11,13-16H2,1-2H3,(H3,29,30);1H. The van der Waals surface area contributed by atoms with Crippen LogP contribution < -0.4 is 11.3 Å². The Morgan fingerprint density at radius 2 is 1.82 bits per heavy atom. The Morgan fingerprint density at radius 1 is 1.13 bits per heavy atom. The van der Waals surface area contributed by atoms with Gasteiger partial charge in [-0.05, 0) is 49.4 Å². The molecule has 2 aromatic carbocycles. The molecule has 202 valence electrons. The van der Waals surface area contributed by atoms with Gasteiger partial charge in [0.2, 0.25) is 5.91 Å². The number of hydrogen-bond donors (Lipinski definition) is 2. The highest BCUT2D eigenvalue weighted by Crippen LogP contribution is 2.28. The number of ether oxygens (including phenoxy) is 1. The van der Waals surface area contributed by atoms with Crippen LogP contribution in [0.25, 0.3) is 11.0 Å². The van der Waals surface area contributed by atoms with Gasteiger partial charge in [0.25, 0.3) is 5.56 Å². The van der Waals surface area contributed by atoms with E-state index in [0.29, 0.717) is 41.7 Å². The third-order valence-electron chi connectivity index (χ3n) is 6.86. The molecule has 0 radical (unpaired) electrons. The molecule has 3 N–H and O–H groups in total. The highest BCUT2D eigenvalue weighted by Gasteiger charge is 2.29. The average Bonchev–Trinajstić information content (AvgIpc) is 3.43. The van der Waals surface area contributed by atoms with Crippen molar-refractivity contribution in [1.29, 1.82) is 5.41 Å². The minimum Gasteiger partial charge on any atom is -0.466 e. The Kier molecular flexibility index (Phi) is 9.63. The number of esters is 1. The summed E-state index contributed by atoms with van der Waals surface area (Å²) in [7, 11) is 1.71. The molecule has 0 saturated carbocycles. The monoisotopic (exact) mass is 539 g/mol. The first-order valence-electron chi connectivity index (χ1n) is 12.7. The smallest absolute Gasteiger partial charge is 0.305 e. The van der Waals surface area contributed by atoms with E-state index >= 15 is 0 Å². The van der Waals surface area contributed by atoms with Gasteiger partial charge in [-0.2, -0.15) is 0 Å². The molecule has 1 saturated heterocycles. The zero-order valence-corrected chi connectivity index (χ0v) is 22.6. The minimum atomic E-state index is -0.492. The summed E-state index contributed by atoms with van der Waals surface area (Å²) in [4.78, 5) is 45.1. The largest absolute Gasteiger partial charge is 0.466 e. The first-order valence-corrected chi connectivity index (χ1v) is 12.7. The van der Waals surface area contributed by atoms with E-state index in [9.17, 15) is 14.4 Å². The number of nitrogens with one attached hydrogen (secondary N) is 1. The molecular formula is C28H34ClN5O4. The summed E-state index contributed by atoms with van der Waals surface area (Å²) in [6.45, 7) is 3.51. The molecule has 10 heteroatoms. The van der Waals surface area contributed by atoms with Crippen molar-refractivity contribution in [1.82, 2.24) is 14.5 Å². The fourth-order valence-corrected chi connectivity index (χ4v) is 4.82. The zero-order valence-electron chi connectivity index (χ0n) is 21.7. The van der Waals surface area contributed by atoms with Crippen molar-refractivity contribution in [2.24, 2.45) is 12.8 Å². The molecule has 1 aliphatic heterocycles. The fourth-order valence-electron chi connectivity index (χ4n) is 4.82. The van der Waals surface area contributed by atoms with E-state index in [0.717, 1.165) is 37.1 Å². The summed E-state index contributed by atoms with van der Waals surface area (Å²) in [6, 6.07) is 12.7. The number of carbonyl (C=O) groups excluding carboxylic acids is 2. The molecular weight excluding hydrogens is 506 g/mol. The van der Waals surface area contributed by atoms with Gasteiger partial charge in [0, 0.05) is 38.5 Å². The summed E-state index contributed by atoms with van der Waals surface area (Å²) in [6.07, 6.45) is 2.78. The van der Waals surface area contributed by atoms with E-state index in [4.69, 9.17) is 20.9 Å². The van der Waals surface area contributed by atoms with Crippen molar-refractivity contribution in [2.45, 2.75) is 44.9 Å². The number of nitrogen functional groups attached to an aromatic ring is 1. The fraction of sp³-hybridized carbons (Fsp3) is 0.393. The van der Waals surface area contributed by atoms with Crippen molar-refractivity contribution in [3.8, 4) is 0 Å². The Hall–Kier alpha value is -3.72. The number of rotatable bonds is 9. The summed E-state index contributed by atoms with van der Waals surface area (Å²) in [5.74, 6) is -0.814. The van der Waals surface area contributed by atoms with Gasteiger partial charge in [0.1, 0.15) is 11.5 Å². The molecule has 1 aromatic heterocycles. The maximum atomic E-state index is 13.4. The van der Waals surface area contributed by atoms with E-state index in [-0.39, 0.29) is 42.1 Å². The molecule has 0 spiro atoms. The van der Waals surface area contributed by atoms with Crippen LogP contribution in [0.5, 0.6) is 0 Å². The highest BCUT2D eigenvalue weighted by atomic mass is 35.5. The van der Waals surface area contributed by atoms with Crippen molar-refractivity contribution >= 4 is 41.2 Å². The summed E-state index contributed by atoms with van der Waals surface area (Å²) < 4.78 is 6.66. The number of nitrogens with zero attached hydrogens (tertiary/aromatic N) is 3. The number of fused-ring (bicyclic) bond motifs is 1. The normalized spacial score (nSPS) is 13.7. The number of hydrogen-bond acceptors (Lipinski definition) is 6. The lowest BCUT2D eigenvalue weighted by Gasteiger charge is -2.24. The van der Waals surface area contributed by atoms with Crippen LogP contribution in [0.3, 0.4) is 0 Å². The molecule has 1 atom stereocenters. The second kappa shape index (κ2) is 12.7. The molecule has 1 aliphatic rings. The maximum Gasteiger partial charge on any atom is 0.305 e. The van der Waals surface area contributed by atoms with E-state index in [2.05, 4.69) is 0 Å². The molecule has 2 heterocycles. The minimum absolute atomic E-state index is 0. The van der Waals surface area contributed by atoms with Crippen LogP contribution in [0.1, 0.15) is 60.9 Å². The van der Waals surface area contributed by atoms with E-state index < -0.39 is 5.92 Å². The Morgan fingerprint density at radius 3 is 2.45 bits per heavy atom. The van der Waals surface area contributed by atoms with Gasteiger partial charge >= 0.3 is 5.97 Å². The third-order valence-corrected chi connectivity index (χ3v) is 6.86. The van der Waals surface area contributed by atoms with Crippen LogP contribution in [0.15, 0.2) is 47.3 Å². The van der Waals surface area contributed by atoms with Crippen LogP contribution in [0.4, 0.5) is 0 Å². The van der Waals surface area contributed by atoms with Crippen LogP contribution in [0.2, 0.25) is 0 Å². The number of nitrogens with two attached hydrogens (primary N) is 1. The first kappa shape index (κ1) is 28.8. The number of carbonyl (C=O) groups is 2. The quantitative estimate of drug-likeness (QED) is 0.244. The predicted octanol–water partition coefficient (Wildman–Crippen LogP) is 3.28. The average molecular weight is 540 g/mol.